The van der Waals surface area contributed by atoms with E-state index >= 15 is 0 Å². The first kappa shape index (κ1) is 24.2. The van der Waals surface area contributed by atoms with Gasteiger partial charge in [-0.25, -0.2) is 28.7 Å². The summed E-state index contributed by atoms with van der Waals surface area (Å²) in [5.74, 6) is 0.184. The van der Waals surface area contributed by atoms with Crippen LogP contribution in [0, 0.1) is 18.6 Å². The molecule has 1 saturated heterocycles. The van der Waals surface area contributed by atoms with Gasteiger partial charge in [-0.2, -0.15) is 0 Å². The van der Waals surface area contributed by atoms with E-state index in [-0.39, 0.29) is 29.3 Å². The zero-order valence-electron chi connectivity index (χ0n) is 20.6. The van der Waals surface area contributed by atoms with Crippen LogP contribution in [0.5, 0.6) is 0 Å². The summed E-state index contributed by atoms with van der Waals surface area (Å²) in [6, 6.07) is 6.74. The van der Waals surface area contributed by atoms with E-state index in [0.29, 0.717) is 29.3 Å². The van der Waals surface area contributed by atoms with E-state index in [9.17, 15) is 8.78 Å². The Hall–Kier alpha value is -3.50. The highest BCUT2D eigenvalue weighted by Crippen LogP contribution is 2.30. The van der Waals surface area contributed by atoms with Crippen molar-refractivity contribution in [1.29, 1.82) is 0 Å². The van der Waals surface area contributed by atoms with E-state index in [1.807, 2.05) is 31.4 Å². The highest BCUT2D eigenvalue weighted by molar-refractivity contribution is 5.83. The molecule has 0 bridgehead atoms. The zero-order chi connectivity index (χ0) is 25.2. The third kappa shape index (κ3) is 5.05. The number of hydrogen-bond acceptors (Lipinski definition) is 7. The first-order valence-electron chi connectivity index (χ1n) is 12.1. The molecule has 36 heavy (non-hydrogen) atoms. The summed E-state index contributed by atoms with van der Waals surface area (Å²) in [4.78, 5) is 17.1. The van der Waals surface area contributed by atoms with Crippen molar-refractivity contribution >= 4 is 22.8 Å². The van der Waals surface area contributed by atoms with Gasteiger partial charge in [0.05, 0.1) is 24.4 Å². The molecular formula is C26H29F2N7O. The van der Waals surface area contributed by atoms with Gasteiger partial charge >= 0.3 is 0 Å². The molecule has 0 atom stereocenters. The first-order chi connectivity index (χ1) is 17.4. The average Bonchev–Trinajstić information content (AvgIpc) is 3.22. The number of nitrogens with zero attached hydrogens (tertiary/aromatic N) is 5. The average molecular weight is 494 g/mol. The number of anilines is 2. The number of pyridine rings is 1. The van der Waals surface area contributed by atoms with Crippen LogP contribution in [0.25, 0.3) is 22.3 Å². The van der Waals surface area contributed by atoms with Crippen LogP contribution in [0.3, 0.4) is 0 Å². The van der Waals surface area contributed by atoms with Crippen LogP contribution in [-0.4, -0.2) is 43.7 Å². The molecule has 1 aliphatic rings. The fourth-order valence-corrected chi connectivity index (χ4v) is 4.56. The van der Waals surface area contributed by atoms with E-state index in [4.69, 9.17) is 4.74 Å². The predicted octanol–water partition coefficient (Wildman–Crippen LogP) is 5.07. The lowest BCUT2D eigenvalue weighted by Gasteiger charge is -2.22. The summed E-state index contributed by atoms with van der Waals surface area (Å²) < 4.78 is 37.5. The van der Waals surface area contributed by atoms with Gasteiger partial charge in [0.2, 0.25) is 5.95 Å². The molecule has 1 aliphatic heterocycles. The molecule has 1 fully saturated rings. The van der Waals surface area contributed by atoms with Crippen LogP contribution < -0.4 is 10.6 Å². The molecule has 5 rings (SSSR count). The maximum atomic E-state index is 14.9. The van der Waals surface area contributed by atoms with Gasteiger partial charge in [0, 0.05) is 17.8 Å². The number of hydrogen-bond donors (Lipinski definition) is 2. The quantitative estimate of drug-likeness (QED) is 0.372. The van der Waals surface area contributed by atoms with Gasteiger partial charge in [0.15, 0.2) is 11.6 Å². The third-order valence-electron chi connectivity index (χ3n) is 6.30. The highest BCUT2D eigenvalue weighted by Gasteiger charge is 2.18. The van der Waals surface area contributed by atoms with Gasteiger partial charge < -0.3 is 19.9 Å². The molecule has 2 N–H and O–H groups in total. The Bertz CT molecular complexity index is 1370. The van der Waals surface area contributed by atoms with E-state index in [1.165, 1.54) is 6.07 Å². The normalized spacial score (nSPS) is 14.6. The Balaban J connectivity index is 1.35. The first-order valence-corrected chi connectivity index (χ1v) is 12.1. The van der Waals surface area contributed by atoms with Crippen molar-refractivity contribution < 1.29 is 13.5 Å². The SMILES string of the molecule is Cc1nc2c(F)cc(-c3nc(Nc4ccc(COC5CCNCC5)cn4)ncc3F)cc2n1C(C)C. The van der Waals surface area contributed by atoms with E-state index in [1.54, 1.807) is 18.3 Å². The molecule has 8 nitrogen and oxygen atoms in total. The summed E-state index contributed by atoms with van der Waals surface area (Å²) in [5.41, 5.74) is 2.11. The monoisotopic (exact) mass is 493 g/mol. The second-order valence-electron chi connectivity index (χ2n) is 9.28. The molecule has 10 heteroatoms. The second-order valence-corrected chi connectivity index (χ2v) is 9.28. The Morgan fingerprint density at radius 2 is 1.89 bits per heavy atom. The minimum absolute atomic E-state index is 0.00514. The highest BCUT2D eigenvalue weighted by atomic mass is 19.1. The molecule has 0 amide bonds. The van der Waals surface area contributed by atoms with Gasteiger partial charge in [-0.1, -0.05) is 6.07 Å². The lowest BCUT2D eigenvalue weighted by atomic mass is 10.1. The van der Waals surface area contributed by atoms with Crippen molar-refractivity contribution in [2.75, 3.05) is 18.4 Å². The lowest BCUT2D eigenvalue weighted by Crippen LogP contribution is -2.32. The minimum Gasteiger partial charge on any atom is -0.373 e. The van der Waals surface area contributed by atoms with Crippen LogP contribution in [-0.2, 0) is 11.3 Å². The van der Waals surface area contributed by atoms with Crippen LogP contribution >= 0.6 is 0 Å². The second kappa shape index (κ2) is 10.2. The Labute approximate surface area is 208 Å². The molecule has 0 unspecified atom stereocenters. The molecule has 4 aromatic rings. The minimum atomic E-state index is -0.648. The van der Waals surface area contributed by atoms with Crippen molar-refractivity contribution in [2.24, 2.45) is 0 Å². The number of aromatic nitrogens is 5. The van der Waals surface area contributed by atoms with Gasteiger partial charge in [-0.15, -0.1) is 0 Å². The van der Waals surface area contributed by atoms with Crippen molar-refractivity contribution in [2.45, 2.75) is 52.4 Å². The number of halogens is 2. The van der Waals surface area contributed by atoms with Crippen LogP contribution in [0.2, 0.25) is 0 Å². The fraction of sp³-hybridized carbons (Fsp3) is 0.385. The largest absolute Gasteiger partial charge is 0.373 e. The number of fused-ring (bicyclic) bond motifs is 1. The van der Waals surface area contributed by atoms with Gasteiger partial charge in [-0.3, -0.25) is 0 Å². The smallest absolute Gasteiger partial charge is 0.229 e. The number of imidazole rings is 1. The lowest BCUT2D eigenvalue weighted by molar-refractivity contribution is 0.0211. The van der Waals surface area contributed by atoms with Crippen molar-refractivity contribution in [3.8, 4) is 11.3 Å². The third-order valence-corrected chi connectivity index (χ3v) is 6.30. The van der Waals surface area contributed by atoms with Crippen molar-refractivity contribution in [3.05, 3.63) is 59.7 Å². The zero-order valence-corrected chi connectivity index (χ0v) is 20.6. The topological polar surface area (TPSA) is 89.8 Å². The van der Waals surface area contributed by atoms with E-state index in [0.717, 1.165) is 37.7 Å². The summed E-state index contributed by atoms with van der Waals surface area (Å²) in [5, 5.41) is 6.32. The maximum Gasteiger partial charge on any atom is 0.229 e. The van der Waals surface area contributed by atoms with Crippen LogP contribution in [0.15, 0.2) is 36.7 Å². The van der Waals surface area contributed by atoms with Crippen LogP contribution in [0.1, 0.15) is 44.1 Å². The van der Waals surface area contributed by atoms with Crippen molar-refractivity contribution in [1.82, 2.24) is 29.8 Å². The Morgan fingerprint density at radius 3 is 2.61 bits per heavy atom. The number of ether oxygens (including phenoxy) is 1. The van der Waals surface area contributed by atoms with Gasteiger partial charge in [-0.05, 0) is 70.5 Å². The summed E-state index contributed by atoms with van der Waals surface area (Å²) in [6.07, 6.45) is 5.08. The fourth-order valence-electron chi connectivity index (χ4n) is 4.56. The van der Waals surface area contributed by atoms with E-state index < -0.39 is 11.6 Å². The molecule has 0 saturated carbocycles. The molecule has 188 valence electrons. The Kier molecular flexibility index (Phi) is 6.88. The Morgan fingerprint density at radius 1 is 1.08 bits per heavy atom. The summed E-state index contributed by atoms with van der Waals surface area (Å²) >= 11 is 0. The predicted molar refractivity (Wildman–Crippen MR) is 134 cm³/mol. The summed E-state index contributed by atoms with van der Waals surface area (Å²) in [7, 11) is 0. The number of rotatable bonds is 7. The van der Waals surface area contributed by atoms with E-state index in [2.05, 4.69) is 30.6 Å². The summed E-state index contributed by atoms with van der Waals surface area (Å²) in [6.45, 7) is 8.26. The standard InChI is InChI=1S/C26H29F2N7O/c1-15(2)35-16(3)32-25-20(27)10-18(11-22(25)35)24-21(28)13-31-26(34-24)33-23-5-4-17(12-30-23)14-36-19-6-8-29-9-7-19/h4-5,10-13,15,19,29H,6-9,14H2,1-3H3,(H,30,31,33,34). The van der Waals surface area contributed by atoms with Crippen LogP contribution in [0.4, 0.5) is 20.5 Å². The van der Waals surface area contributed by atoms with Crippen molar-refractivity contribution in [3.63, 3.8) is 0 Å². The molecular weight excluding hydrogens is 464 g/mol. The molecule has 0 spiro atoms. The maximum absolute atomic E-state index is 14.9. The van der Waals surface area contributed by atoms with Gasteiger partial charge in [0.25, 0.3) is 0 Å². The molecule has 4 heterocycles. The molecule has 1 aromatic carbocycles. The molecule has 3 aromatic heterocycles. The number of nitrogens with one attached hydrogen (secondary N) is 2. The molecule has 0 aliphatic carbocycles. The van der Waals surface area contributed by atoms with Gasteiger partial charge in [0.1, 0.15) is 22.9 Å². The molecule has 0 radical (unpaired) electrons. The number of benzene rings is 1. The number of aryl methyl sites for hydroxylation is 1. The number of piperidine rings is 1.